The van der Waals surface area contributed by atoms with E-state index in [0.29, 0.717) is 4.22 Å². The van der Waals surface area contributed by atoms with Gasteiger partial charge in [-0.25, -0.2) is 0 Å². The Hall–Kier alpha value is 0.614. The normalized spacial score (nSPS) is 20.0. The molecule has 0 bridgehead atoms. The fourth-order valence-electron chi connectivity index (χ4n) is 2.26. The summed E-state index contributed by atoms with van der Waals surface area (Å²) in [5.41, 5.74) is 5.85. The third-order valence-electron chi connectivity index (χ3n) is 3.07. The Kier molecular flexibility index (Phi) is 6.16. The van der Waals surface area contributed by atoms with Crippen LogP contribution in [0.1, 0.15) is 21.8 Å². The molecule has 3 rings (SSSR count). The van der Waals surface area contributed by atoms with Crippen molar-refractivity contribution in [3.05, 3.63) is 64.8 Å². The minimum absolute atomic E-state index is 0. The zero-order valence-corrected chi connectivity index (χ0v) is 15.0. The Morgan fingerprint density at radius 3 is 2.53 bits per heavy atom. The Labute approximate surface area is 148 Å². The molecule has 0 aliphatic heterocycles. The van der Waals surface area contributed by atoms with Crippen LogP contribution < -0.4 is 48.0 Å². The first-order chi connectivity index (χ1) is 7.36. The van der Waals surface area contributed by atoms with Gasteiger partial charge in [0.15, 0.2) is 0 Å². The van der Waals surface area contributed by atoms with Crippen molar-refractivity contribution in [2.24, 2.45) is 0 Å². The zero-order valence-electron chi connectivity index (χ0n) is 9.16. The van der Waals surface area contributed by atoms with Crippen molar-refractivity contribution in [2.75, 3.05) is 0 Å². The fourth-order valence-corrected chi connectivity index (χ4v) is 3.09. The molecular weight excluding hydrogens is 470 g/mol. The molecule has 0 aromatic heterocycles. The molecular formula is C14H11I2Ti. The number of rotatable bonds is 1. The van der Waals surface area contributed by atoms with Gasteiger partial charge in [0, 0.05) is 0 Å². The van der Waals surface area contributed by atoms with Crippen LogP contribution in [0.3, 0.4) is 0 Å². The molecule has 0 radical (unpaired) electrons. The van der Waals surface area contributed by atoms with Crippen LogP contribution in [0.25, 0.3) is 6.08 Å². The molecule has 0 nitrogen and oxygen atoms in total. The van der Waals surface area contributed by atoms with Gasteiger partial charge in [-0.3, -0.25) is 0 Å². The first-order valence-corrected chi connectivity index (χ1v) is 6.14. The SMILES string of the molecule is [I-].[I-].[Ti+2][CH]1C(C2=CC=CC2)=Cc2ccccc21. The van der Waals surface area contributed by atoms with Crippen molar-refractivity contribution in [1.82, 2.24) is 0 Å². The molecule has 85 valence electrons. The summed E-state index contributed by atoms with van der Waals surface area (Å²) in [6.07, 6.45) is 10.1. The second-order valence-electron chi connectivity index (χ2n) is 3.99. The fraction of sp³-hybridized carbons (Fsp3) is 0.143. The monoisotopic (exact) mass is 481 g/mol. The van der Waals surface area contributed by atoms with Gasteiger partial charge in [-0.2, -0.15) is 0 Å². The second-order valence-corrected chi connectivity index (χ2v) is 4.89. The van der Waals surface area contributed by atoms with Crippen molar-refractivity contribution in [1.29, 1.82) is 0 Å². The summed E-state index contributed by atoms with van der Waals surface area (Å²) < 4.78 is 0.562. The maximum atomic E-state index is 2.35. The molecule has 2 aliphatic carbocycles. The van der Waals surface area contributed by atoms with Gasteiger partial charge in [0.05, 0.1) is 0 Å². The van der Waals surface area contributed by atoms with Crippen LogP contribution in [-0.2, 0) is 20.4 Å². The summed E-state index contributed by atoms with van der Waals surface area (Å²) in [7, 11) is 0. The Morgan fingerprint density at radius 2 is 1.88 bits per heavy atom. The molecule has 1 unspecified atom stereocenters. The van der Waals surface area contributed by atoms with Gasteiger partial charge in [-0.1, -0.05) is 0 Å². The Bertz CT molecular complexity index is 501. The minimum atomic E-state index is 0. The van der Waals surface area contributed by atoms with Gasteiger partial charge in [-0.15, -0.1) is 0 Å². The molecule has 0 saturated heterocycles. The summed E-state index contributed by atoms with van der Waals surface area (Å²) in [5.74, 6) is 0. The molecule has 1 atom stereocenters. The van der Waals surface area contributed by atoms with E-state index in [0.717, 1.165) is 6.42 Å². The summed E-state index contributed by atoms with van der Waals surface area (Å²) >= 11 is 2.30. The number of fused-ring (bicyclic) bond motifs is 1. The number of benzene rings is 1. The number of hydrogen-bond donors (Lipinski definition) is 0. The molecule has 0 N–H and O–H groups in total. The summed E-state index contributed by atoms with van der Waals surface area (Å²) in [6.45, 7) is 0. The zero-order chi connectivity index (χ0) is 10.3. The summed E-state index contributed by atoms with van der Waals surface area (Å²) in [5, 5.41) is 0. The van der Waals surface area contributed by atoms with Crippen LogP contribution in [0, 0.1) is 0 Å². The van der Waals surface area contributed by atoms with Gasteiger partial charge in [-0.05, 0) is 0 Å². The van der Waals surface area contributed by atoms with Gasteiger partial charge in [0.1, 0.15) is 0 Å². The van der Waals surface area contributed by atoms with E-state index in [1.54, 1.807) is 0 Å². The quantitative estimate of drug-likeness (QED) is 0.310. The molecule has 1 aromatic rings. The first kappa shape index (κ1) is 15.7. The van der Waals surface area contributed by atoms with Crippen molar-refractivity contribution < 1.29 is 68.4 Å². The van der Waals surface area contributed by atoms with E-state index in [2.05, 4.69) is 69.0 Å². The summed E-state index contributed by atoms with van der Waals surface area (Å²) in [6, 6.07) is 8.70. The van der Waals surface area contributed by atoms with Crippen molar-refractivity contribution in [2.45, 2.75) is 10.6 Å². The molecule has 2 aliphatic rings. The van der Waals surface area contributed by atoms with Crippen LogP contribution >= 0.6 is 0 Å². The molecule has 0 saturated carbocycles. The van der Waals surface area contributed by atoms with Gasteiger partial charge < -0.3 is 48.0 Å². The van der Waals surface area contributed by atoms with Gasteiger partial charge >= 0.3 is 102 Å². The van der Waals surface area contributed by atoms with Crippen LogP contribution in [-0.4, -0.2) is 0 Å². The second kappa shape index (κ2) is 6.69. The number of halogens is 2. The maximum absolute atomic E-state index is 2.35. The van der Waals surface area contributed by atoms with Crippen LogP contribution in [0.4, 0.5) is 0 Å². The molecule has 0 amide bonds. The van der Waals surface area contributed by atoms with E-state index in [4.69, 9.17) is 0 Å². The predicted octanol–water partition coefficient (Wildman–Crippen LogP) is -2.43. The van der Waals surface area contributed by atoms with Gasteiger partial charge in [0.25, 0.3) is 0 Å². The van der Waals surface area contributed by atoms with E-state index in [1.807, 2.05) is 0 Å². The molecule has 17 heavy (non-hydrogen) atoms. The van der Waals surface area contributed by atoms with Gasteiger partial charge in [0.2, 0.25) is 0 Å². The van der Waals surface area contributed by atoms with E-state index >= 15 is 0 Å². The van der Waals surface area contributed by atoms with Crippen molar-refractivity contribution in [3.63, 3.8) is 0 Å². The Morgan fingerprint density at radius 1 is 1.12 bits per heavy atom. The van der Waals surface area contributed by atoms with Crippen LogP contribution in [0.15, 0.2) is 53.6 Å². The van der Waals surface area contributed by atoms with Crippen molar-refractivity contribution >= 4 is 6.08 Å². The van der Waals surface area contributed by atoms with E-state index in [1.165, 1.54) is 22.3 Å². The van der Waals surface area contributed by atoms with Crippen molar-refractivity contribution in [3.8, 4) is 0 Å². The average molecular weight is 481 g/mol. The molecule has 0 fully saturated rings. The molecule has 0 spiro atoms. The number of hydrogen-bond acceptors (Lipinski definition) is 0. The van der Waals surface area contributed by atoms with Crippen LogP contribution in [0.5, 0.6) is 0 Å². The first-order valence-electron chi connectivity index (χ1n) is 5.24. The van der Waals surface area contributed by atoms with E-state index in [-0.39, 0.29) is 48.0 Å². The standard InChI is InChI=1S/C14H11.2HI.Ti/c1-2-6-11(5-1)14-9-12-7-3-4-8-13(12)10-14;;;/h1-5,7-10H,6H2;2*1H;/q;;;+2/p-2. The van der Waals surface area contributed by atoms with E-state index in [9.17, 15) is 0 Å². The average Bonchev–Trinajstić information content (AvgIpc) is 2.87. The third kappa shape index (κ3) is 2.96. The summed E-state index contributed by atoms with van der Waals surface area (Å²) in [4.78, 5) is 0. The molecule has 3 heteroatoms. The number of allylic oxidation sites excluding steroid dienone is 5. The topological polar surface area (TPSA) is 0 Å². The Balaban J connectivity index is 0.000000722. The van der Waals surface area contributed by atoms with E-state index < -0.39 is 0 Å². The molecule has 1 aromatic carbocycles. The third-order valence-corrected chi connectivity index (χ3v) is 4.04. The van der Waals surface area contributed by atoms with Crippen LogP contribution in [0.2, 0.25) is 0 Å². The predicted molar refractivity (Wildman–Crippen MR) is 59.0 cm³/mol. The molecule has 0 heterocycles.